The van der Waals surface area contributed by atoms with Crippen LogP contribution in [0, 0.1) is 11.6 Å². The van der Waals surface area contributed by atoms with E-state index < -0.39 is 35.8 Å². The monoisotopic (exact) mass is 416 g/mol. The van der Waals surface area contributed by atoms with E-state index in [0.29, 0.717) is 12.2 Å². The van der Waals surface area contributed by atoms with Gasteiger partial charge < -0.3 is 20.1 Å². The summed E-state index contributed by atoms with van der Waals surface area (Å²) in [5, 5.41) is 4.32. The number of urea groups is 1. The number of rotatable bonds is 3. The Bertz CT molecular complexity index is 941. The standard InChI is InChI=1S/C18H17F5N4O2/c1-10(18(21,22)23)24-16(28)12-4-5-26-6-7-27(9-15(12)26)17(29)25-11-2-3-13(19)14(20)8-11/h2-5,8,10H,6-7,9H2,1H3,(H,24,28)(H,25,29). The molecule has 0 saturated carbocycles. The molecule has 29 heavy (non-hydrogen) atoms. The van der Waals surface area contributed by atoms with Crippen LogP contribution in [-0.4, -0.2) is 40.2 Å². The number of benzene rings is 1. The molecule has 0 fully saturated rings. The molecule has 2 heterocycles. The van der Waals surface area contributed by atoms with Crippen molar-refractivity contribution in [1.29, 1.82) is 0 Å². The largest absolute Gasteiger partial charge is 0.408 e. The fourth-order valence-corrected chi connectivity index (χ4v) is 2.89. The average molecular weight is 416 g/mol. The van der Waals surface area contributed by atoms with Crippen molar-refractivity contribution < 1.29 is 31.5 Å². The van der Waals surface area contributed by atoms with Crippen LogP contribution in [0.1, 0.15) is 23.0 Å². The van der Waals surface area contributed by atoms with Gasteiger partial charge in [0.1, 0.15) is 6.04 Å². The molecule has 1 aromatic heterocycles. The molecule has 0 radical (unpaired) electrons. The Labute approximate surface area is 162 Å². The van der Waals surface area contributed by atoms with Crippen LogP contribution >= 0.6 is 0 Å². The Hall–Kier alpha value is -3.11. The summed E-state index contributed by atoms with van der Waals surface area (Å²) in [6.45, 7) is 1.38. The van der Waals surface area contributed by atoms with E-state index in [-0.39, 0.29) is 24.3 Å². The molecule has 3 rings (SSSR count). The van der Waals surface area contributed by atoms with E-state index in [1.165, 1.54) is 17.0 Å². The molecular weight excluding hydrogens is 399 g/mol. The number of amides is 3. The first kappa shape index (κ1) is 20.6. The summed E-state index contributed by atoms with van der Waals surface area (Å²) in [6, 6.07) is 1.65. The van der Waals surface area contributed by atoms with E-state index in [0.717, 1.165) is 19.1 Å². The highest BCUT2D eigenvalue weighted by Gasteiger charge is 2.37. The minimum absolute atomic E-state index is 0.0337. The zero-order valence-corrected chi connectivity index (χ0v) is 15.2. The number of aromatic nitrogens is 1. The van der Waals surface area contributed by atoms with Crippen LogP contribution in [0.15, 0.2) is 30.5 Å². The highest BCUT2D eigenvalue weighted by atomic mass is 19.4. The molecule has 2 aromatic rings. The molecule has 1 aromatic carbocycles. The van der Waals surface area contributed by atoms with Crippen molar-refractivity contribution in [3.05, 3.63) is 53.4 Å². The fraction of sp³-hybridized carbons (Fsp3) is 0.333. The first-order valence-corrected chi connectivity index (χ1v) is 8.63. The first-order chi connectivity index (χ1) is 13.6. The molecule has 0 saturated heterocycles. The summed E-state index contributed by atoms with van der Waals surface area (Å²) >= 11 is 0. The van der Waals surface area contributed by atoms with Crippen LogP contribution in [0.2, 0.25) is 0 Å². The van der Waals surface area contributed by atoms with Crippen molar-refractivity contribution in [2.24, 2.45) is 0 Å². The number of carbonyl (C=O) groups is 2. The summed E-state index contributed by atoms with van der Waals surface area (Å²) in [5.41, 5.74) is 0.460. The number of fused-ring (bicyclic) bond motifs is 1. The lowest BCUT2D eigenvalue weighted by Gasteiger charge is -2.29. The quantitative estimate of drug-likeness (QED) is 0.753. The molecule has 2 N–H and O–H groups in total. The number of nitrogens with one attached hydrogen (secondary N) is 2. The van der Waals surface area contributed by atoms with Gasteiger partial charge in [-0.1, -0.05) is 0 Å². The molecule has 0 aliphatic carbocycles. The normalized spacial score (nSPS) is 14.9. The number of alkyl halides is 3. The minimum Gasteiger partial charge on any atom is -0.347 e. The molecule has 1 unspecified atom stereocenters. The SMILES string of the molecule is CC(NC(=O)c1ccn2c1CN(C(=O)Nc1ccc(F)c(F)c1)CC2)C(F)(F)F. The van der Waals surface area contributed by atoms with Gasteiger partial charge in [0.2, 0.25) is 0 Å². The van der Waals surface area contributed by atoms with Gasteiger partial charge in [-0.05, 0) is 25.1 Å². The maximum Gasteiger partial charge on any atom is 0.408 e. The van der Waals surface area contributed by atoms with Crippen molar-refractivity contribution in [2.45, 2.75) is 32.2 Å². The van der Waals surface area contributed by atoms with Crippen LogP contribution in [0.4, 0.5) is 32.4 Å². The van der Waals surface area contributed by atoms with E-state index in [2.05, 4.69) is 5.32 Å². The maximum absolute atomic E-state index is 13.3. The van der Waals surface area contributed by atoms with Gasteiger partial charge in [0.15, 0.2) is 11.6 Å². The molecular formula is C18H17F5N4O2. The zero-order valence-electron chi connectivity index (χ0n) is 15.2. The predicted octanol–water partition coefficient (Wildman–Crippen LogP) is 3.49. The molecule has 6 nitrogen and oxygen atoms in total. The third-order valence-electron chi connectivity index (χ3n) is 4.57. The Kier molecular flexibility index (Phi) is 5.49. The van der Waals surface area contributed by atoms with Gasteiger partial charge in [-0.2, -0.15) is 13.2 Å². The lowest BCUT2D eigenvalue weighted by molar-refractivity contribution is -0.149. The van der Waals surface area contributed by atoms with Gasteiger partial charge in [-0.25, -0.2) is 13.6 Å². The number of hydrogen-bond acceptors (Lipinski definition) is 2. The number of hydrogen-bond donors (Lipinski definition) is 2. The summed E-state index contributed by atoms with van der Waals surface area (Å²) in [5.74, 6) is -3.07. The molecule has 1 aliphatic heterocycles. The Morgan fingerprint density at radius 3 is 2.48 bits per heavy atom. The molecule has 1 aliphatic rings. The highest BCUT2D eigenvalue weighted by Crippen LogP contribution is 2.23. The molecule has 1 atom stereocenters. The molecule has 3 amide bonds. The van der Waals surface area contributed by atoms with Gasteiger partial charge in [0.05, 0.1) is 17.8 Å². The lowest BCUT2D eigenvalue weighted by Crippen LogP contribution is -2.44. The van der Waals surface area contributed by atoms with E-state index in [1.807, 2.05) is 5.32 Å². The Balaban J connectivity index is 1.71. The number of nitrogens with zero attached hydrogens (tertiary/aromatic N) is 2. The molecule has 11 heteroatoms. The van der Waals surface area contributed by atoms with Gasteiger partial charge in [0.25, 0.3) is 5.91 Å². The molecule has 0 spiro atoms. The van der Waals surface area contributed by atoms with E-state index >= 15 is 0 Å². The molecule has 156 valence electrons. The second-order valence-corrected chi connectivity index (χ2v) is 6.59. The highest BCUT2D eigenvalue weighted by molar-refractivity contribution is 5.96. The van der Waals surface area contributed by atoms with E-state index in [1.54, 1.807) is 10.8 Å². The van der Waals surface area contributed by atoms with Crippen molar-refractivity contribution in [3.63, 3.8) is 0 Å². The summed E-state index contributed by atoms with van der Waals surface area (Å²) < 4.78 is 66.0. The smallest absolute Gasteiger partial charge is 0.347 e. The Morgan fingerprint density at radius 1 is 1.10 bits per heavy atom. The van der Waals surface area contributed by atoms with Crippen molar-refractivity contribution in [3.8, 4) is 0 Å². The predicted molar refractivity (Wildman–Crippen MR) is 93.2 cm³/mol. The third kappa shape index (κ3) is 4.49. The van der Waals surface area contributed by atoms with Crippen LogP contribution in [0.5, 0.6) is 0 Å². The van der Waals surface area contributed by atoms with Crippen molar-refractivity contribution in [1.82, 2.24) is 14.8 Å². The Morgan fingerprint density at radius 2 is 1.83 bits per heavy atom. The fourth-order valence-electron chi connectivity index (χ4n) is 2.89. The van der Waals surface area contributed by atoms with Crippen molar-refractivity contribution >= 4 is 17.6 Å². The van der Waals surface area contributed by atoms with Crippen LogP contribution in [-0.2, 0) is 13.1 Å². The third-order valence-corrected chi connectivity index (χ3v) is 4.57. The van der Waals surface area contributed by atoms with Crippen LogP contribution in [0.3, 0.4) is 0 Å². The van der Waals surface area contributed by atoms with Gasteiger partial charge in [0, 0.05) is 31.0 Å². The molecule has 0 bridgehead atoms. The first-order valence-electron chi connectivity index (χ1n) is 8.63. The lowest BCUT2D eigenvalue weighted by atomic mass is 10.1. The van der Waals surface area contributed by atoms with Gasteiger partial charge in [-0.3, -0.25) is 4.79 Å². The van der Waals surface area contributed by atoms with Gasteiger partial charge in [-0.15, -0.1) is 0 Å². The van der Waals surface area contributed by atoms with Gasteiger partial charge >= 0.3 is 12.2 Å². The van der Waals surface area contributed by atoms with Crippen LogP contribution in [0.25, 0.3) is 0 Å². The second-order valence-electron chi connectivity index (χ2n) is 6.59. The van der Waals surface area contributed by atoms with Crippen molar-refractivity contribution in [2.75, 3.05) is 11.9 Å². The number of carbonyl (C=O) groups excluding carboxylic acids is 2. The summed E-state index contributed by atoms with van der Waals surface area (Å²) in [7, 11) is 0. The minimum atomic E-state index is -4.58. The van der Waals surface area contributed by atoms with E-state index in [9.17, 15) is 31.5 Å². The second kappa shape index (κ2) is 7.72. The van der Waals surface area contributed by atoms with E-state index in [4.69, 9.17) is 0 Å². The topological polar surface area (TPSA) is 66.4 Å². The summed E-state index contributed by atoms with van der Waals surface area (Å²) in [4.78, 5) is 26.0. The maximum atomic E-state index is 13.3. The average Bonchev–Trinajstić information content (AvgIpc) is 3.07. The number of halogens is 5. The number of anilines is 1. The summed E-state index contributed by atoms with van der Waals surface area (Å²) in [6.07, 6.45) is -3.01. The zero-order chi connectivity index (χ0) is 21.3. The van der Waals surface area contributed by atoms with Crippen LogP contribution < -0.4 is 10.6 Å².